The molecule has 1 radical (unpaired) electrons. The average molecular weight is 148 g/mol. The van der Waals surface area contributed by atoms with E-state index in [0.717, 1.165) is 12.0 Å². The monoisotopic (exact) mass is 148 g/mol. The second-order valence-corrected chi connectivity index (χ2v) is 2.47. The van der Waals surface area contributed by atoms with Crippen molar-refractivity contribution >= 4 is 12.9 Å². The molecule has 2 nitrogen and oxygen atoms in total. The van der Waals surface area contributed by atoms with Gasteiger partial charge in [0.05, 0.1) is 0 Å². The van der Waals surface area contributed by atoms with Crippen LogP contribution in [0, 0.1) is 6.92 Å². The molecule has 0 bridgehead atoms. The summed E-state index contributed by atoms with van der Waals surface area (Å²) in [5.74, 6) is 0.262. The maximum absolute atomic E-state index is 9.27. The van der Waals surface area contributed by atoms with Crippen molar-refractivity contribution in [3.63, 3.8) is 0 Å². The number of aryl methyl sites for hydroxylation is 1. The van der Waals surface area contributed by atoms with Crippen LogP contribution in [-0.2, 0) is 0 Å². The zero-order valence-electron chi connectivity index (χ0n) is 6.83. The summed E-state index contributed by atoms with van der Waals surface area (Å²) in [5.41, 5.74) is 1.62. The first kappa shape index (κ1) is 8.11. The van der Waals surface area contributed by atoms with E-state index in [9.17, 15) is 5.11 Å². The summed E-state index contributed by atoms with van der Waals surface area (Å²) >= 11 is 0. The Kier molecular flexibility index (Phi) is 2.52. The quantitative estimate of drug-likeness (QED) is 0.631. The standard InChI is InChI=1S/C8H11BNO/c1-3-9-8-7(11)5-4-6(2)10-8/h4-5,11H,3H2,1-2H3. The van der Waals surface area contributed by atoms with E-state index in [1.807, 2.05) is 21.1 Å². The zero-order chi connectivity index (χ0) is 8.27. The van der Waals surface area contributed by atoms with Gasteiger partial charge in [-0.05, 0) is 19.1 Å². The number of aromatic hydroxyl groups is 1. The number of pyridine rings is 1. The third-order valence-corrected chi connectivity index (χ3v) is 1.44. The largest absolute Gasteiger partial charge is 0.507 e. The third kappa shape index (κ3) is 1.97. The minimum Gasteiger partial charge on any atom is -0.507 e. The molecule has 1 N–H and O–H groups in total. The van der Waals surface area contributed by atoms with Gasteiger partial charge in [0.2, 0.25) is 0 Å². The first-order chi connectivity index (χ1) is 5.24. The van der Waals surface area contributed by atoms with Crippen molar-refractivity contribution in [2.45, 2.75) is 20.2 Å². The lowest BCUT2D eigenvalue weighted by Crippen LogP contribution is -2.18. The third-order valence-electron chi connectivity index (χ3n) is 1.44. The molecule has 0 spiro atoms. The minimum atomic E-state index is 0.262. The summed E-state index contributed by atoms with van der Waals surface area (Å²) in [6, 6.07) is 3.46. The number of aromatic nitrogens is 1. The van der Waals surface area contributed by atoms with E-state index in [-0.39, 0.29) is 5.75 Å². The molecule has 0 aliphatic rings. The zero-order valence-corrected chi connectivity index (χ0v) is 6.83. The highest BCUT2D eigenvalue weighted by atomic mass is 16.3. The normalized spacial score (nSPS) is 9.64. The second-order valence-electron chi connectivity index (χ2n) is 2.47. The SMILES string of the molecule is CC[B]c1nc(C)ccc1O. The van der Waals surface area contributed by atoms with Gasteiger partial charge in [0.15, 0.2) is 7.28 Å². The first-order valence-corrected chi connectivity index (χ1v) is 3.74. The van der Waals surface area contributed by atoms with E-state index in [1.165, 1.54) is 0 Å². The summed E-state index contributed by atoms with van der Waals surface area (Å²) in [5, 5.41) is 9.27. The highest BCUT2D eigenvalue weighted by molar-refractivity contribution is 6.53. The average Bonchev–Trinajstić information content (AvgIpc) is 1.98. The topological polar surface area (TPSA) is 33.1 Å². The molecular formula is C8H11BNO. The summed E-state index contributed by atoms with van der Waals surface area (Å²) in [6.45, 7) is 3.93. The van der Waals surface area contributed by atoms with Gasteiger partial charge in [-0.15, -0.1) is 0 Å². The van der Waals surface area contributed by atoms with Crippen LogP contribution in [0.2, 0.25) is 6.32 Å². The van der Waals surface area contributed by atoms with Crippen molar-refractivity contribution < 1.29 is 5.11 Å². The number of hydrogen-bond acceptors (Lipinski definition) is 2. The van der Waals surface area contributed by atoms with Gasteiger partial charge in [0.1, 0.15) is 5.75 Å². The highest BCUT2D eigenvalue weighted by Gasteiger charge is 2.01. The maximum Gasteiger partial charge on any atom is 0.182 e. The van der Waals surface area contributed by atoms with Crippen LogP contribution in [0.25, 0.3) is 0 Å². The van der Waals surface area contributed by atoms with Crippen LogP contribution in [0.5, 0.6) is 5.75 Å². The Balaban J connectivity index is 2.93. The Labute approximate surface area is 67.5 Å². The van der Waals surface area contributed by atoms with Crippen molar-refractivity contribution in [3.8, 4) is 5.75 Å². The van der Waals surface area contributed by atoms with Crippen LogP contribution in [0.1, 0.15) is 12.6 Å². The summed E-state index contributed by atoms with van der Waals surface area (Å²) in [6.07, 6.45) is 0.893. The molecule has 1 rings (SSSR count). The fraction of sp³-hybridized carbons (Fsp3) is 0.375. The Morgan fingerprint density at radius 1 is 1.55 bits per heavy atom. The molecule has 0 aromatic carbocycles. The van der Waals surface area contributed by atoms with Crippen molar-refractivity contribution in [3.05, 3.63) is 17.8 Å². The predicted molar refractivity (Wildman–Crippen MR) is 46.5 cm³/mol. The van der Waals surface area contributed by atoms with Crippen LogP contribution >= 0.6 is 0 Å². The van der Waals surface area contributed by atoms with Crippen LogP contribution < -0.4 is 5.59 Å². The molecule has 1 aromatic heterocycles. The van der Waals surface area contributed by atoms with E-state index in [2.05, 4.69) is 4.98 Å². The smallest absolute Gasteiger partial charge is 0.182 e. The van der Waals surface area contributed by atoms with Crippen molar-refractivity contribution in [1.82, 2.24) is 4.98 Å². The van der Waals surface area contributed by atoms with E-state index >= 15 is 0 Å². The molecule has 0 aliphatic heterocycles. The Morgan fingerprint density at radius 3 is 2.91 bits per heavy atom. The first-order valence-electron chi connectivity index (χ1n) is 3.74. The van der Waals surface area contributed by atoms with Gasteiger partial charge in [-0.1, -0.05) is 13.2 Å². The maximum atomic E-state index is 9.27. The van der Waals surface area contributed by atoms with Gasteiger partial charge < -0.3 is 5.11 Å². The van der Waals surface area contributed by atoms with Crippen LogP contribution in [0.4, 0.5) is 0 Å². The van der Waals surface area contributed by atoms with Gasteiger partial charge in [-0.25, -0.2) is 0 Å². The van der Waals surface area contributed by atoms with E-state index in [0.29, 0.717) is 5.59 Å². The molecule has 0 aliphatic carbocycles. The molecule has 3 heteroatoms. The van der Waals surface area contributed by atoms with Gasteiger partial charge in [0, 0.05) is 11.3 Å². The van der Waals surface area contributed by atoms with Crippen molar-refractivity contribution in [1.29, 1.82) is 0 Å². The molecule has 0 atom stereocenters. The van der Waals surface area contributed by atoms with Gasteiger partial charge in [0.25, 0.3) is 0 Å². The fourth-order valence-corrected chi connectivity index (χ4v) is 0.913. The van der Waals surface area contributed by atoms with Crippen molar-refractivity contribution in [2.75, 3.05) is 0 Å². The Hall–Kier alpha value is -0.985. The molecule has 1 aromatic rings. The Morgan fingerprint density at radius 2 is 2.27 bits per heavy atom. The molecule has 0 saturated carbocycles. The van der Waals surface area contributed by atoms with Crippen molar-refractivity contribution in [2.24, 2.45) is 0 Å². The van der Waals surface area contributed by atoms with Crippen LogP contribution in [0.3, 0.4) is 0 Å². The van der Waals surface area contributed by atoms with Gasteiger partial charge in [-0.3, -0.25) is 4.98 Å². The molecule has 0 saturated heterocycles. The lowest BCUT2D eigenvalue weighted by Gasteiger charge is -2.01. The number of nitrogens with zero attached hydrogens (tertiary/aromatic N) is 1. The lowest BCUT2D eigenvalue weighted by molar-refractivity contribution is 0.477. The van der Waals surface area contributed by atoms with E-state index in [4.69, 9.17) is 0 Å². The minimum absolute atomic E-state index is 0.262. The molecule has 0 amide bonds. The molecular weight excluding hydrogens is 137 g/mol. The Bertz CT molecular complexity index is 250. The molecule has 1 heterocycles. The van der Waals surface area contributed by atoms with Crippen LogP contribution in [0.15, 0.2) is 12.1 Å². The summed E-state index contributed by atoms with van der Waals surface area (Å²) in [7, 11) is 1.91. The fourth-order valence-electron chi connectivity index (χ4n) is 0.913. The van der Waals surface area contributed by atoms with Gasteiger partial charge >= 0.3 is 0 Å². The lowest BCUT2D eigenvalue weighted by atomic mass is 9.71. The van der Waals surface area contributed by atoms with Gasteiger partial charge in [-0.2, -0.15) is 0 Å². The summed E-state index contributed by atoms with van der Waals surface area (Å²) < 4.78 is 0. The predicted octanol–water partition coefficient (Wildman–Crippen LogP) is 0.863. The molecule has 0 fully saturated rings. The number of hydrogen-bond donors (Lipinski definition) is 1. The second kappa shape index (κ2) is 3.42. The summed E-state index contributed by atoms with van der Waals surface area (Å²) in [4.78, 5) is 4.16. The van der Waals surface area contributed by atoms with E-state index < -0.39 is 0 Å². The highest BCUT2D eigenvalue weighted by Crippen LogP contribution is 2.02. The molecule has 0 unspecified atom stereocenters. The van der Waals surface area contributed by atoms with Crippen LogP contribution in [-0.4, -0.2) is 17.4 Å². The number of rotatable bonds is 2. The molecule has 11 heavy (non-hydrogen) atoms. The van der Waals surface area contributed by atoms with E-state index in [1.54, 1.807) is 12.1 Å². The molecule has 57 valence electrons.